The van der Waals surface area contributed by atoms with Crippen LogP contribution in [0, 0.1) is 5.82 Å². The summed E-state index contributed by atoms with van der Waals surface area (Å²) >= 11 is 1.11. The number of hydrogen-bond donors (Lipinski definition) is 2. The number of halogens is 4. The maximum absolute atomic E-state index is 14.5. The van der Waals surface area contributed by atoms with E-state index in [-0.39, 0.29) is 29.6 Å². The van der Waals surface area contributed by atoms with E-state index in [1.54, 1.807) is 18.2 Å². The van der Waals surface area contributed by atoms with Crippen molar-refractivity contribution in [2.75, 3.05) is 31.6 Å². The third kappa shape index (κ3) is 5.86. The van der Waals surface area contributed by atoms with Gasteiger partial charge in [0.05, 0.1) is 23.2 Å². The van der Waals surface area contributed by atoms with Gasteiger partial charge in [-0.1, -0.05) is 6.07 Å². The molecule has 10 heteroatoms. The standard InChI is InChI=1S/C29H26F4N2O3S/c1-29(32,33)24-14-18(31)4-10-22(24)27-26(23-9-3-17(28(36)37)13-25(23)39-27)38-21-7-5-19(6-8-21)34-20-15-35(16-20)12-2-11-30/h3-10,13-14,20,34H,2,11-12,15-16H2,1H3,(H,36,37). The lowest BCUT2D eigenvalue weighted by molar-refractivity contribution is 0.0178. The van der Waals surface area contributed by atoms with Gasteiger partial charge in [0.15, 0.2) is 5.75 Å². The maximum Gasteiger partial charge on any atom is 0.335 e. The summed E-state index contributed by atoms with van der Waals surface area (Å²) < 4.78 is 62.1. The van der Waals surface area contributed by atoms with Crippen molar-refractivity contribution >= 4 is 33.1 Å². The number of alkyl halides is 3. The van der Waals surface area contributed by atoms with E-state index in [0.717, 1.165) is 48.8 Å². The molecule has 0 saturated carbocycles. The van der Waals surface area contributed by atoms with Gasteiger partial charge in [0, 0.05) is 53.5 Å². The smallest absolute Gasteiger partial charge is 0.335 e. The number of nitrogens with zero attached hydrogens (tertiary/aromatic N) is 1. The molecule has 0 atom stereocenters. The van der Waals surface area contributed by atoms with Crippen molar-refractivity contribution in [2.24, 2.45) is 0 Å². The number of anilines is 1. The number of rotatable bonds is 10. The lowest BCUT2D eigenvalue weighted by Gasteiger charge is -2.40. The van der Waals surface area contributed by atoms with Gasteiger partial charge in [0.2, 0.25) is 0 Å². The SMILES string of the molecule is CC(F)(F)c1cc(F)ccc1-c1sc2cc(C(=O)O)ccc2c1Oc1ccc(NC2CN(CCCF)C2)cc1. The molecule has 0 radical (unpaired) electrons. The number of carboxylic acids is 1. The first-order chi connectivity index (χ1) is 18.6. The monoisotopic (exact) mass is 558 g/mol. The molecular weight excluding hydrogens is 532 g/mol. The normalized spacial score (nSPS) is 14.4. The molecule has 1 aliphatic rings. The van der Waals surface area contributed by atoms with Crippen molar-refractivity contribution in [3.63, 3.8) is 0 Å². The van der Waals surface area contributed by atoms with E-state index >= 15 is 0 Å². The van der Waals surface area contributed by atoms with E-state index in [2.05, 4.69) is 10.2 Å². The highest BCUT2D eigenvalue weighted by atomic mass is 32.1. The summed E-state index contributed by atoms with van der Waals surface area (Å²) in [7, 11) is 0. The second-order valence-electron chi connectivity index (χ2n) is 9.62. The number of thiophene rings is 1. The van der Waals surface area contributed by atoms with E-state index in [4.69, 9.17) is 4.74 Å². The van der Waals surface area contributed by atoms with Crippen LogP contribution < -0.4 is 10.1 Å². The van der Waals surface area contributed by atoms with Crippen LogP contribution >= 0.6 is 11.3 Å². The summed E-state index contributed by atoms with van der Waals surface area (Å²) in [6.45, 7) is 2.80. The van der Waals surface area contributed by atoms with Gasteiger partial charge in [-0.15, -0.1) is 11.3 Å². The third-order valence-electron chi connectivity index (χ3n) is 6.60. The van der Waals surface area contributed by atoms with Crippen LogP contribution in [0.25, 0.3) is 20.5 Å². The zero-order chi connectivity index (χ0) is 27.7. The largest absolute Gasteiger partial charge is 0.478 e. The summed E-state index contributed by atoms with van der Waals surface area (Å²) in [6, 6.07) is 15.2. The molecule has 2 heterocycles. The number of nitrogens with one attached hydrogen (secondary N) is 1. The van der Waals surface area contributed by atoms with Gasteiger partial charge in [-0.25, -0.2) is 18.0 Å². The third-order valence-corrected chi connectivity index (χ3v) is 7.77. The lowest BCUT2D eigenvalue weighted by atomic mass is 10.00. The molecule has 1 aromatic heterocycles. The first kappa shape index (κ1) is 27.0. The van der Waals surface area contributed by atoms with Crippen molar-refractivity contribution in [2.45, 2.75) is 25.3 Å². The van der Waals surface area contributed by atoms with Crippen molar-refractivity contribution in [3.05, 3.63) is 77.6 Å². The molecule has 5 nitrogen and oxygen atoms in total. The first-order valence-corrected chi connectivity index (χ1v) is 13.2. The predicted octanol–water partition coefficient (Wildman–Crippen LogP) is 7.77. The van der Waals surface area contributed by atoms with E-state index in [1.807, 2.05) is 12.1 Å². The summed E-state index contributed by atoms with van der Waals surface area (Å²) in [4.78, 5) is 14.0. The Morgan fingerprint density at radius 3 is 2.54 bits per heavy atom. The van der Waals surface area contributed by atoms with E-state index < -0.39 is 23.3 Å². The minimum Gasteiger partial charge on any atom is -0.478 e. The number of carboxylic acid groups (broad SMARTS) is 1. The Kier molecular flexibility index (Phi) is 7.51. The molecule has 5 rings (SSSR count). The first-order valence-electron chi connectivity index (χ1n) is 12.4. The second kappa shape index (κ2) is 10.9. The number of aromatic carboxylic acids is 1. The summed E-state index contributed by atoms with van der Waals surface area (Å²) in [6.07, 6.45) is 0.533. The van der Waals surface area contributed by atoms with Gasteiger partial charge in [-0.05, 0) is 61.0 Å². The van der Waals surface area contributed by atoms with Crippen LogP contribution in [0.3, 0.4) is 0 Å². The quantitative estimate of drug-likeness (QED) is 0.195. The second-order valence-corrected chi connectivity index (χ2v) is 10.7. The Morgan fingerprint density at radius 2 is 1.87 bits per heavy atom. The maximum atomic E-state index is 14.5. The average molecular weight is 559 g/mol. The molecule has 0 aliphatic carbocycles. The van der Waals surface area contributed by atoms with Gasteiger partial charge in [0.1, 0.15) is 11.6 Å². The summed E-state index contributed by atoms with van der Waals surface area (Å²) in [5, 5.41) is 13.4. The average Bonchev–Trinajstić information content (AvgIpc) is 3.23. The fourth-order valence-electron chi connectivity index (χ4n) is 4.66. The number of carbonyl (C=O) groups is 1. The van der Waals surface area contributed by atoms with Crippen LogP contribution in [0.2, 0.25) is 0 Å². The van der Waals surface area contributed by atoms with Gasteiger partial charge in [-0.3, -0.25) is 9.29 Å². The van der Waals surface area contributed by atoms with Crippen molar-refractivity contribution < 1.29 is 32.2 Å². The van der Waals surface area contributed by atoms with E-state index in [9.17, 15) is 27.5 Å². The fourth-order valence-corrected chi connectivity index (χ4v) is 5.87. The molecule has 1 aliphatic heterocycles. The molecule has 204 valence electrons. The highest BCUT2D eigenvalue weighted by molar-refractivity contribution is 7.22. The molecule has 1 fully saturated rings. The number of hydrogen-bond acceptors (Lipinski definition) is 5. The Hall–Kier alpha value is -3.63. The Bertz CT molecular complexity index is 1500. The topological polar surface area (TPSA) is 61.8 Å². The number of likely N-dealkylation sites (tertiary alicyclic amines) is 1. The fraction of sp³-hybridized carbons (Fsp3) is 0.276. The molecule has 4 aromatic rings. The van der Waals surface area contributed by atoms with Gasteiger partial charge < -0.3 is 15.2 Å². The van der Waals surface area contributed by atoms with Crippen LogP contribution in [-0.4, -0.2) is 48.3 Å². The Morgan fingerprint density at radius 1 is 1.13 bits per heavy atom. The van der Waals surface area contributed by atoms with Crippen LogP contribution in [0.15, 0.2) is 60.7 Å². The lowest BCUT2D eigenvalue weighted by Crippen LogP contribution is -2.54. The minimum atomic E-state index is -3.33. The molecule has 0 bridgehead atoms. The number of benzene rings is 3. The summed E-state index contributed by atoms with van der Waals surface area (Å²) in [5.41, 5.74) is 0.553. The Labute approximate surface area is 226 Å². The highest BCUT2D eigenvalue weighted by Gasteiger charge is 2.31. The van der Waals surface area contributed by atoms with Crippen LogP contribution in [0.4, 0.5) is 23.2 Å². The van der Waals surface area contributed by atoms with Gasteiger partial charge in [-0.2, -0.15) is 0 Å². The minimum absolute atomic E-state index is 0.0525. The van der Waals surface area contributed by atoms with Crippen molar-refractivity contribution in [3.8, 4) is 21.9 Å². The zero-order valence-corrected chi connectivity index (χ0v) is 21.8. The van der Waals surface area contributed by atoms with E-state index in [1.165, 1.54) is 18.2 Å². The molecule has 3 aromatic carbocycles. The van der Waals surface area contributed by atoms with Gasteiger partial charge >= 0.3 is 5.97 Å². The van der Waals surface area contributed by atoms with Gasteiger partial charge in [0.25, 0.3) is 5.92 Å². The van der Waals surface area contributed by atoms with Crippen molar-refractivity contribution in [1.82, 2.24) is 4.90 Å². The molecule has 1 saturated heterocycles. The Balaban J connectivity index is 1.46. The zero-order valence-electron chi connectivity index (χ0n) is 21.0. The van der Waals surface area contributed by atoms with Crippen LogP contribution in [0.1, 0.15) is 29.3 Å². The predicted molar refractivity (Wildman–Crippen MR) is 145 cm³/mol. The van der Waals surface area contributed by atoms with Crippen LogP contribution in [-0.2, 0) is 5.92 Å². The molecule has 0 unspecified atom stereocenters. The number of ether oxygens (including phenoxy) is 1. The molecule has 2 N–H and O–H groups in total. The molecule has 0 amide bonds. The molecular formula is C29H26F4N2O3S. The highest BCUT2D eigenvalue weighted by Crippen LogP contribution is 2.49. The molecule has 39 heavy (non-hydrogen) atoms. The van der Waals surface area contributed by atoms with E-state index in [0.29, 0.717) is 34.1 Å². The summed E-state index contributed by atoms with van der Waals surface area (Å²) in [5.74, 6) is -4.49. The van der Waals surface area contributed by atoms with Crippen molar-refractivity contribution in [1.29, 1.82) is 0 Å². The molecule has 0 spiro atoms. The van der Waals surface area contributed by atoms with Crippen LogP contribution in [0.5, 0.6) is 11.5 Å². The number of fused-ring (bicyclic) bond motifs is 1.